The van der Waals surface area contributed by atoms with Crippen molar-refractivity contribution in [1.82, 2.24) is 4.90 Å². The van der Waals surface area contributed by atoms with Gasteiger partial charge >= 0.3 is 0 Å². The molecule has 1 saturated heterocycles. The Bertz CT molecular complexity index is 1080. The number of thioether (sulfide) groups is 1. The van der Waals surface area contributed by atoms with Crippen molar-refractivity contribution >= 4 is 29.0 Å². The van der Waals surface area contributed by atoms with E-state index in [9.17, 15) is 9.59 Å². The molecule has 0 saturated carbocycles. The molecule has 1 fully saturated rings. The van der Waals surface area contributed by atoms with E-state index in [1.165, 1.54) is 26.2 Å². The predicted octanol–water partition coefficient (Wildman–Crippen LogP) is 5.26. The minimum absolute atomic E-state index is 0.163. The van der Waals surface area contributed by atoms with Crippen molar-refractivity contribution < 1.29 is 28.5 Å². The molecule has 0 aliphatic carbocycles. The van der Waals surface area contributed by atoms with E-state index < -0.39 is 0 Å². The quantitative estimate of drug-likeness (QED) is 0.462. The third kappa shape index (κ3) is 5.45. The van der Waals surface area contributed by atoms with Gasteiger partial charge in [-0.05, 0) is 53.9 Å². The summed E-state index contributed by atoms with van der Waals surface area (Å²) in [5, 5.41) is -0.331. The van der Waals surface area contributed by atoms with Crippen molar-refractivity contribution in [3.63, 3.8) is 0 Å². The third-order valence-corrected chi connectivity index (χ3v) is 6.17. The molecule has 176 valence electrons. The topological polar surface area (TPSA) is 74.3 Å². The van der Waals surface area contributed by atoms with Gasteiger partial charge in [0.05, 0.1) is 32.8 Å². The minimum atomic E-state index is -0.362. The molecule has 0 atom stereocenters. The molecule has 8 heteroatoms. The molecular weight excluding hydrogens is 442 g/mol. The van der Waals surface area contributed by atoms with Gasteiger partial charge in [-0.2, -0.15) is 0 Å². The van der Waals surface area contributed by atoms with Gasteiger partial charge in [0.15, 0.2) is 11.5 Å². The largest absolute Gasteiger partial charge is 0.496 e. The maximum Gasteiger partial charge on any atom is 0.293 e. The zero-order valence-electron chi connectivity index (χ0n) is 19.8. The minimum Gasteiger partial charge on any atom is -0.496 e. The van der Waals surface area contributed by atoms with Crippen molar-refractivity contribution in [2.24, 2.45) is 0 Å². The zero-order valence-corrected chi connectivity index (χ0v) is 20.6. The second-order valence-electron chi connectivity index (χ2n) is 7.83. The van der Waals surface area contributed by atoms with Gasteiger partial charge < -0.3 is 18.9 Å². The fourth-order valence-corrected chi connectivity index (χ4v) is 4.35. The monoisotopic (exact) mass is 471 g/mol. The van der Waals surface area contributed by atoms with E-state index in [0.717, 1.165) is 28.6 Å². The maximum absolute atomic E-state index is 12.9. The van der Waals surface area contributed by atoms with Crippen LogP contribution >= 0.6 is 11.8 Å². The normalized spacial score (nSPS) is 14.9. The zero-order chi connectivity index (χ0) is 24.1. The highest BCUT2D eigenvalue weighted by atomic mass is 32.2. The number of methoxy groups -OCH3 is 3. The summed E-state index contributed by atoms with van der Waals surface area (Å²) < 4.78 is 22.0. The summed E-state index contributed by atoms with van der Waals surface area (Å²) in [5.41, 5.74) is 2.79. The third-order valence-electron chi connectivity index (χ3n) is 5.26. The second-order valence-corrected chi connectivity index (χ2v) is 8.82. The van der Waals surface area contributed by atoms with Gasteiger partial charge in [-0.25, -0.2) is 0 Å². The van der Waals surface area contributed by atoms with Crippen LogP contribution in [-0.2, 0) is 4.79 Å². The lowest BCUT2D eigenvalue weighted by molar-refractivity contribution is -0.123. The summed E-state index contributed by atoms with van der Waals surface area (Å²) in [6.07, 6.45) is 1.63. The first kappa shape index (κ1) is 24.5. The number of rotatable bonds is 9. The second kappa shape index (κ2) is 10.7. The summed E-state index contributed by atoms with van der Waals surface area (Å²) in [4.78, 5) is 27.0. The lowest BCUT2D eigenvalue weighted by Crippen LogP contribution is -2.32. The molecule has 0 aromatic heterocycles. The molecule has 0 radical (unpaired) electrons. The number of aryl methyl sites for hydroxylation is 1. The van der Waals surface area contributed by atoms with Gasteiger partial charge in [0, 0.05) is 11.6 Å². The van der Waals surface area contributed by atoms with Crippen molar-refractivity contribution in [3.05, 3.63) is 51.9 Å². The number of nitrogens with zero attached hydrogens (tertiary/aromatic N) is 1. The number of benzene rings is 2. The number of imide groups is 1. The van der Waals surface area contributed by atoms with E-state index in [-0.39, 0.29) is 24.3 Å². The van der Waals surface area contributed by atoms with Gasteiger partial charge in [0.2, 0.25) is 0 Å². The molecule has 7 nitrogen and oxygen atoms in total. The first-order chi connectivity index (χ1) is 15.8. The Morgan fingerprint density at radius 2 is 1.61 bits per heavy atom. The fraction of sp³-hybridized carbons (Fsp3) is 0.360. The van der Waals surface area contributed by atoms with E-state index >= 15 is 0 Å². The molecule has 3 rings (SSSR count). The summed E-state index contributed by atoms with van der Waals surface area (Å²) in [6, 6.07) is 9.46. The fourth-order valence-electron chi connectivity index (χ4n) is 3.49. The first-order valence-electron chi connectivity index (χ1n) is 10.6. The number of carbonyl (C=O) groups is 2. The summed E-state index contributed by atoms with van der Waals surface area (Å²) in [6.45, 7) is 6.58. The molecule has 0 N–H and O–H groups in total. The number of hydrogen-bond acceptors (Lipinski definition) is 7. The van der Waals surface area contributed by atoms with Gasteiger partial charge in [0.1, 0.15) is 18.1 Å². The van der Waals surface area contributed by atoms with Crippen LogP contribution in [0.15, 0.2) is 35.2 Å². The van der Waals surface area contributed by atoms with E-state index in [1.54, 1.807) is 18.2 Å². The molecule has 0 unspecified atom stereocenters. The number of hydrogen-bond donors (Lipinski definition) is 0. The van der Waals surface area contributed by atoms with Crippen LogP contribution in [0, 0.1) is 6.92 Å². The number of amides is 2. The van der Waals surface area contributed by atoms with Gasteiger partial charge in [-0.1, -0.05) is 26.0 Å². The Balaban J connectivity index is 1.75. The van der Waals surface area contributed by atoms with Crippen LogP contribution in [0.2, 0.25) is 0 Å². The SMILES string of the molecule is COc1cc(OC)c(OC)cc1/C=C1\SC(=O)N(CCOc2cc(C)ccc2C(C)C)C1=O. The van der Waals surface area contributed by atoms with Gasteiger partial charge in [0.25, 0.3) is 11.1 Å². The number of carbonyl (C=O) groups excluding carboxylic acids is 2. The molecule has 0 spiro atoms. The summed E-state index contributed by atoms with van der Waals surface area (Å²) in [5.74, 6) is 2.23. The Labute approximate surface area is 198 Å². The summed E-state index contributed by atoms with van der Waals surface area (Å²) >= 11 is 0.891. The predicted molar refractivity (Wildman–Crippen MR) is 130 cm³/mol. The molecule has 33 heavy (non-hydrogen) atoms. The van der Waals surface area contributed by atoms with Crippen molar-refractivity contribution in [3.8, 4) is 23.0 Å². The maximum atomic E-state index is 12.9. The van der Waals surface area contributed by atoms with E-state index in [4.69, 9.17) is 18.9 Å². The van der Waals surface area contributed by atoms with Crippen LogP contribution in [-0.4, -0.2) is 50.5 Å². The summed E-state index contributed by atoms with van der Waals surface area (Å²) in [7, 11) is 4.59. The highest BCUT2D eigenvalue weighted by Gasteiger charge is 2.35. The van der Waals surface area contributed by atoms with Crippen molar-refractivity contribution in [2.45, 2.75) is 26.7 Å². The van der Waals surface area contributed by atoms with Gasteiger partial charge in [-0.15, -0.1) is 0 Å². The molecule has 1 heterocycles. The molecule has 1 aliphatic heterocycles. The molecule has 0 bridgehead atoms. The Kier molecular flexibility index (Phi) is 7.92. The smallest absolute Gasteiger partial charge is 0.293 e. The van der Waals surface area contributed by atoms with E-state index in [1.807, 2.05) is 19.1 Å². The molecule has 2 aromatic carbocycles. The van der Waals surface area contributed by atoms with Gasteiger partial charge in [-0.3, -0.25) is 14.5 Å². The van der Waals surface area contributed by atoms with Crippen LogP contribution < -0.4 is 18.9 Å². The van der Waals surface area contributed by atoms with Crippen molar-refractivity contribution in [1.29, 1.82) is 0 Å². The van der Waals surface area contributed by atoms with E-state index in [0.29, 0.717) is 33.6 Å². The first-order valence-corrected chi connectivity index (χ1v) is 11.4. The molecule has 2 amide bonds. The average Bonchev–Trinajstić information content (AvgIpc) is 3.05. The van der Waals surface area contributed by atoms with Crippen LogP contribution in [0.3, 0.4) is 0 Å². The lowest BCUT2D eigenvalue weighted by atomic mass is 10.0. The molecule has 1 aliphatic rings. The number of ether oxygens (including phenoxy) is 4. The van der Waals surface area contributed by atoms with Crippen LogP contribution in [0.25, 0.3) is 6.08 Å². The Morgan fingerprint density at radius 1 is 0.939 bits per heavy atom. The van der Waals surface area contributed by atoms with Crippen LogP contribution in [0.4, 0.5) is 4.79 Å². The lowest BCUT2D eigenvalue weighted by Gasteiger charge is -2.17. The highest BCUT2D eigenvalue weighted by Crippen LogP contribution is 2.39. The Hall–Kier alpha value is -3.13. The van der Waals surface area contributed by atoms with E-state index in [2.05, 4.69) is 19.9 Å². The average molecular weight is 472 g/mol. The van der Waals surface area contributed by atoms with Crippen molar-refractivity contribution in [2.75, 3.05) is 34.5 Å². The van der Waals surface area contributed by atoms with Crippen LogP contribution in [0.1, 0.15) is 36.5 Å². The van der Waals surface area contributed by atoms with Crippen LogP contribution in [0.5, 0.6) is 23.0 Å². The molecular formula is C25H29NO6S. The highest BCUT2D eigenvalue weighted by molar-refractivity contribution is 8.18. The Morgan fingerprint density at radius 3 is 2.24 bits per heavy atom. The standard InChI is InChI=1S/C25H29NO6S/c1-15(2)18-8-7-16(3)11-20(18)32-10-9-26-24(27)23(33-25(26)28)13-17-12-21(30-5)22(31-6)14-19(17)29-4/h7-8,11-15H,9-10H2,1-6H3/b23-13-. The molecule has 2 aromatic rings.